The molecule has 1 saturated heterocycles. The molecular formula is C14H16ClN3O3. The number of aromatic nitrogens is 2. The van der Waals surface area contributed by atoms with E-state index < -0.39 is 0 Å². The topological polar surface area (TPSA) is 56.7 Å². The Bertz CT molecular complexity index is 659. The molecule has 7 heteroatoms. The first-order chi connectivity index (χ1) is 10.2. The SMILES string of the molecule is COc1cc2nc(N3CCOCC3)nc(Cl)c2cc1OC. The average molecular weight is 310 g/mol. The summed E-state index contributed by atoms with van der Waals surface area (Å²) in [5.74, 6) is 1.84. The second-order valence-electron chi connectivity index (χ2n) is 4.64. The van der Waals surface area contributed by atoms with Crippen molar-refractivity contribution in [3.63, 3.8) is 0 Å². The van der Waals surface area contributed by atoms with Gasteiger partial charge in [0.15, 0.2) is 11.5 Å². The van der Waals surface area contributed by atoms with Gasteiger partial charge in [-0.1, -0.05) is 11.6 Å². The summed E-state index contributed by atoms with van der Waals surface area (Å²) < 4.78 is 15.9. The van der Waals surface area contributed by atoms with Crippen molar-refractivity contribution in [2.75, 3.05) is 45.4 Å². The zero-order chi connectivity index (χ0) is 14.8. The third-order valence-electron chi connectivity index (χ3n) is 3.44. The summed E-state index contributed by atoms with van der Waals surface area (Å²) in [6.45, 7) is 2.86. The summed E-state index contributed by atoms with van der Waals surface area (Å²) in [7, 11) is 3.18. The molecule has 0 atom stereocenters. The lowest BCUT2D eigenvalue weighted by Crippen LogP contribution is -2.37. The standard InChI is InChI=1S/C14H16ClN3O3/c1-19-11-7-9-10(8-12(11)20-2)16-14(17-13(9)15)18-3-5-21-6-4-18/h7-8H,3-6H2,1-2H3. The van der Waals surface area contributed by atoms with Crippen LogP contribution in [0.1, 0.15) is 0 Å². The Labute approximate surface area is 127 Å². The van der Waals surface area contributed by atoms with Crippen LogP contribution in [0.2, 0.25) is 5.15 Å². The summed E-state index contributed by atoms with van der Waals surface area (Å²) in [4.78, 5) is 11.0. The molecule has 1 fully saturated rings. The minimum atomic E-state index is 0.405. The molecule has 0 spiro atoms. The van der Waals surface area contributed by atoms with Crippen molar-refractivity contribution in [2.24, 2.45) is 0 Å². The Kier molecular flexibility index (Phi) is 3.98. The average Bonchev–Trinajstić information content (AvgIpc) is 2.54. The molecule has 3 rings (SSSR count). The van der Waals surface area contributed by atoms with Gasteiger partial charge in [-0.2, -0.15) is 0 Å². The van der Waals surface area contributed by atoms with Crippen LogP contribution >= 0.6 is 11.6 Å². The number of benzene rings is 1. The molecule has 0 unspecified atom stereocenters. The Morgan fingerprint density at radius 2 is 1.76 bits per heavy atom. The van der Waals surface area contributed by atoms with E-state index in [0.717, 1.165) is 24.0 Å². The lowest BCUT2D eigenvalue weighted by molar-refractivity contribution is 0.122. The monoisotopic (exact) mass is 309 g/mol. The Hall–Kier alpha value is -1.79. The van der Waals surface area contributed by atoms with Crippen LogP contribution in [-0.4, -0.2) is 50.5 Å². The van der Waals surface area contributed by atoms with Gasteiger partial charge in [0.1, 0.15) is 5.15 Å². The van der Waals surface area contributed by atoms with Crippen molar-refractivity contribution in [1.29, 1.82) is 0 Å². The number of ether oxygens (including phenoxy) is 3. The Morgan fingerprint density at radius 1 is 1.10 bits per heavy atom. The minimum Gasteiger partial charge on any atom is -0.493 e. The van der Waals surface area contributed by atoms with E-state index in [-0.39, 0.29) is 0 Å². The van der Waals surface area contributed by atoms with Crippen molar-refractivity contribution >= 4 is 28.5 Å². The van der Waals surface area contributed by atoms with Gasteiger partial charge in [-0.15, -0.1) is 0 Å². The highest BCUT2D eigenvalue weighted by Gasteiger charge is 2.17. The fourth-order valence-corrected chi connectivity index (χ4v) is 2.54. The van der Waals surface area contributed by atoms with Gasteiger partial charge in [0, 0.05) is 24.5 Å². The number of morpholine rings is 1. The molecule has 0 saturated carbocycles. The van der Waals surface area contributed by atoms with E-state index in [1.54, 1.807) is 20.3 Å². The maximum absolute atomic E-state index is 6.30. The quantitative estimate of drug-likeness (QED) is 0.810. The van der Waals surface area contributed by atoms with E-state index in [4.69, 9.17) is 25.8 Å². The maximum Gasteiger partial charge on any atom is 0.227 e. The molecule has 2 aromatic rings. The maximum atomic E-state index is 6.30. The molecule has 0 N–H and O–H groups in total. The molecular weight excluding hydrogens is 294 g/mol. The number of methoxy groups -OCH3 is 2. The summed E-state index contributed by atoms with van der Waals surface area (Å²) in [6.07, 6.45) is 0. The van der Waals surface area contributed by atoms with Crippen LogP contribution in [-0.2, 0) is 4.74 Å². The molecule has 21 heavy (non-hydrogen) atoms. The normalized spacial score (nSPS) is 15.3. The van der Waals surface area contributed by atoms with Crippen molar-refractivity contribution < 1.29 is 14.2 Å². The first kappa shape index (κ1) is 14.2. The van der Waals surface area contributed by atoms with Crippen LogP contribution in [0.4, 0.5) is 5.95 Å². The molecule has 112 valence electrons. The van der Waals surface area contributed by atoms with E-state index in [0.29, 0.717) is 35.8 Å². The molecule has 1 aliphatic heterocycles. The predicted molar refractivity (Wildman–Crippen MR) is 80.7 cm³/mol. The van der Waals surface area contributed by atoms with E-state index in [1.807, 2.05) is 6.07 Å². The number of rotatable bonds is 3. The molecule has 1 aromatic carbocycles. The van der Waals surface area contributed by atoms with E-state index >= 15 is 0 Å². The smallest absolute Gasteiger partial charge is 0.227 e. The van der Waals surface area contributed by atoms with Crippen LogP contribution < -0.4 is 14.4 Å². The van der Waals surface area contributed by atoms with Crippen LogP contribution in [0.15, 0.2) is 12.1 Å². The van der Waals surface area contributed by atoms with E-state index in [1.165, 1.54) is 0 Å². The molecule has 0 amide bonds. The summed E-state index contributed by atoms with van der Waals surface area (Å²) in [5.41, 5.74) is 0.731. The van der Waals surface area contributed by atoms with Crippen molar-refractivity contribution in [3.8, 4) is 11.5 Å². The van der Waals surface area contributed by atoms with Crippen LogP contribution in [0, 0.1) is 0 Å². The minimum absolute atomic E-state index is 0.405. The molecule has 0 bridgehead atoms. The van der Waals surface area contributed by atoms with Gasteiger partial charge in [0.25, 0.3) is 0 Å². The number of nitrogens with zero attached hydrogens (tertiary/aromatic N) is 3. The number of halogens is 1. The first-order valence-corrected chi connectivity index (χ1v) is 7.02. The van der Waals surface area contributed by atoms with Gasteiger partial charge in [-0.05, 0) is 6.07 Å². The van der Waals surface area contributed by atoms with Gasteiger partial charge < -0.3 is 19.1 Å². The summed E-state index contributed by atoms with van der Waals surface area (Å²) in [6, 6.07) is 3.60. The number of hydrogen-bond acceptors (Lipinski definition) is 6. The van der Waals surface area contributed by atoms with Crippen LogP contribution in [0.3, 0.4) is 0 Å². The van der Waals surface area contributed by atoms with Gasteiger partial charge in [-0.25, -0.2) is 9.97 Å². The summed E-state index contributed by atoms with van der Waals surface area (Å²) >= 11 is 6.30. The Morgan fingerprint density at radius 3 is 2.43 bits per heavy atom. The highest BCUT2D eigenvalue weighted by molar-refractivity contribution is 6.34. The first-order valence-electron chi connectivity index (χ1n) is 6.65. The largest absolute Gasteiger partial charge is 0.493 e. The lowest BCUT2D eigenvalue weighted by Gasteiger charge is -2.27. The molecule has 0 radical (unpaired) electrons. The lowest BCUT2D eigenvalue weighted by atomic mass is 10.2. The Balaban J connectivity index is 2.09. The molecule has 1 aromatic heterocycles. The van der Waals surface area contributed by atoms with Crippen molar-refractivity contribution in [2.45, 2.75) is 0 Å². The zero-order valence-electron chi connectivity index (χ0n) is 11.9. The van der Waals surface area contributed by atoms with Gasteiger partial charge in [0.2, 0.25) is 5.95 Å². The third-order valence-corrected chi connectivity index (χ3v) is 3.72. The third kappa shape index (κ3) is 2.69. The number of fused-ring (bicyclic) bond motifs is 1. The zero-order valence-corrected chi connectivity index (χ0v) is 12.7. The summed E-state index contributed by atoms with van der Waals surface area (Å²) in [5, 5.41) is 1.15. The van der Waals surface area contributed by atoms with E-state index in [2.05, 4.69) is 14.9 Å². The van der Waals surface area contributed by atoms with Crippen molar-refractivity contribution in [3.05, 3.63) is 17.3 Å². The second kappa shape index (κ2) is 5.91. The number of anilines is 1. The number of hydrogen-bond donors (Lipinski definition) is 0. The van der Waals surface area contributed by atoms with Gasteiger partial charge in [-0.3, -0.25) is 0 Å². The van der Waals surface area contributed by atoms with Crippen LogP contribution in [0.25, 0.3) is 10.9 Å². The highest BCUT2D eigenvalue weighted by atomic mass is 35.5. The molecule has 6 nitrogen and oxygen atoms in total. The second-order valence-corrected chi connectivity index (χ2v) is 5.00. The fraction of sp³-hybridized carbons (Fsp3) is 0.429. The molecule has 1 aliphatic rings. The predicted octanol–water partition coefficient (Wildman–Crippen LogP) is 2.14. The van der Waals surface area contributed by atoms with E-state index in [9.17, 15) is 0 Å². The molecule has 2 heterocycles. The van der Waals surface area contributed by atoms with Gasteiger partial charge >= 0.3 is 0 Å². The van der Waals surface area contributed by atoms with Crippen molar-refractivity contribution in [1.82, 2.24) is 9.97 Å². The van der Waals surface area contributed by atoms with Crippen LogP contribution in [0.5, 0.6) is 11.5 Å². The molecule has 0 aliphatic carbocycles. The highest BCUT2D eigenvalue weighted by Crippen LogP contribution is 2.34. The fourth-order valence-electron chi connectivity index (χ4n) is 2.31. The van der Waals surface area contributed by atoms with Gasteiger partial charge in [0.05, 0.1) is 33.0 Å².